The van der Waals surface area contributed by atoms with Gasteiger partial charge in [-0.3, -0.25) is 9.59 Å². The first kappa shape index (κ1) is 25.1. The summed E-state index contributed by atoms with van der Waals surface area (Å²) in [5.41, 5.74) is -5.34. The highest BCUT2D eigenvalue weighted by Crippen LogP contribution is 2.36. The van der Waals surface area contributed by atoms with Crippen molar-refractivity contribution < 1.29 is 45.1 Å². The zero-order valence-corrected chi connectivity index (χ0v) is 16.4. The zero-order valence-electron chi connectivity index (χ0n) is 16.4. The fourth-order valence-electron chi connectivity index (χ4n) is 2.94. The van der Waals surface area contributed by atoms with E-state index in [1.807, 2.05) is 0 Å². The molecule has 0 spiro atoms. The van der Waals surface area contributed by atoms with E-state index in [-0.39, 0.29) is 18.0 Å². The molecular weight excluding hydrogens is 449 g/mol. The molecular formula is C20H17F7N2O3. The Labute approximate surface area is 177 Å². The van der Waals surface area contributed by atoms with Crippen LogP contribution in [-0.2, 0) is 38.8 Å². The Hall–Kier alpha value is -3.15. The minimum atomic E-state index is -5.03. The van der Waals surface area contributed by atoms with Crippen LogP contribution >= 0.6 is 0 Å². The normalized spacial score (nSPS) is 13.9. The monoisotopic (exact) mass is 466 g/mol. The van der Waals surface area contributed by atoms with Crippen molar-refractivity contribution in [3.8, 4) is 0 Å². The summed E-state index contributed by atoms with van der Waals surface area (Å²) in [6.45, 7) is -1.41. The molecule has 32 heavy (non-hydrogen) atoms. The Kier molecular flexibility index (Phi) is 7.50. The highest BCUT2D eigenvalue weighted by Gasteiger charge is 2.41. The molecule has 0 aliphatic carbocycles. The van der Waals surface area contributed by atoms with E-state index in [1.54, 1.807) is 0 Å². The molecule has 5 nitrogen and oxygen atoms in total. The third-order valence-electron chi connectivity index (χ3n) is 4.49. The van der Waals surface area contributed by atoms with E-state index in [0.717, 1.165) is 12.1 Å². The number of hydrogen-bond donors (Lipinski definition) is 2. The molecule has 0 saturated heterocycles. The Morgan fingerprint density at radius 3 is 1.91 bits per heavy atom. The topological polar surface area (TPSA) is 67.4 Å². The average Bonchev–Trinajstić information content (AvgIpc) is 2.71. The summed E-state index contributed by atoms with van der Waals surface area (Å²) in [5, 5.41) is 4.52. The molecule has 0 heterocycles. The van der Waals surface area contributed by atoms with Crippen LogP contribution in [0.3, 0.4) is 0 Å². The van der Waals surface area contributed by atoms with Crippen LogP contribution in [0.1, 0.15) is 22.3 Å². The first-order valence-electron chi connectivity index (χ1n) is 8.89. The first-order valence-corrected chi connectivity index (χ1v) is 8.89. The lowest BCUT2D eigenvalue weighted by atomic mass is 9.89. The molecule has 0 bridgehead atoms. The molecule has 0 aliphatic heterocycles. The highest BCUT2D eigenvalue weighted by atomic mass is 19.4. The molecule has 2 aromatic carbocycles. The summed E-state index contributed by atoms with van der Waals surface area (Å²) in [7, 11) is 1.23. The summed E-state index contributed by atoms with van der Waals surface area (Å²) in [5.74, 6) is -1.45. The van der Waals surface area contributed by atoms with E-state index in [2.05, 4.69) is 10.6 Å². The second-order valence-corrected chi connectivity index (χ2v) is 6.66. The summed E-state index contributed by atoms with van der Waals surface area (Å²) in [4.78, 5) is 23.7. The predicted octanol–water partition coefficient (Wildman–Crippen LogP) is 3.77. The molecule has 0 radical (unpaired) electrons. The Bertz CT molecular complexity index is 927. The number of halogens is 7. The second-order valence-electron chi connectivity index (χ2n) is 6.66. The third-order valence-corrected chi connectivity index (χ3v) is 4.49. The fourth-order valence-corrected chi connectivity index (χ4v) is 2.94. The van der Waals surface area contributed by atoms with Gasteiger partial charge in [-0.1, -0.05) is 12.1 Å². The summed E-state index contributed by atoms with van der Waals surface area (Å²) >= 11 is 0. The van der Waals surface area contributed by atoms with Crippen molar-refractivity contribution in [1.82, 2.24) is 10.6 Å². The molecule has 0 aromatic heterocycles. The summed E-state index contributed by atoms with van der Waals surface area (Å²) in [6.07, 6.45) is -9.90. The number of hydrogen-bond acceptors (Lipinski definition) is 3. The van der Waals surface area contributed by atoms with Gasteiger partial charge in [-0.05, 0) is 41.5 Å². The van der Waals surface area contributed by atoms with Crippen molar-refractivity contribution in [3.63, 3.8) is 0 Å². The van der Waals surface area contributed by atoms with Gasteiger partial charge < -0.3 is 15.4 Å². The Morgan fingerprint density at radius 1 is 0.938 bits per heavy atom. The fraction of sp³-hybridized carbons (Fsp3) is 0.300. The van der Waals surface area contributed by atoms with Crippen LogP contribution in [-0.4, -0.2) is 26.0 Å². The number of rotatable bonds is 8. The lowest BCUT2D eigenvalue weighted by Crippen LogP contribution is -2.56. The second kappa shape index (κ2) is 9.55. The van der Waals surface area contributed by atoms with Gasteiger partial charge in [-0.15, -0.1) is 0 Å². The van der Waals surface area contributed by atoms with Crippen molar-refractivity contribution >= 4 is 12.3 Å². The van der Waals surface area contributed by atoms with Crippen LogP contribution in [0.15, 0.2) is 42.5 Å². The number of amides is 2. The third kappa shape index (κ3) is 5.75. The van der Waals surface area contributed by atoms with Crippen LogP contribution in [0.5, 0.6) is 0 Å². The van der Waals surface area contributed by atoms with Crippen molar-refractivity contribution in [2.24, 2.45) is 0 Å². The number of carbonyl (C=O) groups excluding carboxylic acids is 2. The van der Waals surface area contributed by atoms with Crippen LogP contribution in [0.4, 0.5) is 30.7 Å². The van der Waals surface area contributed by atoms with E-state index in [4.69, 9.17) is 4.74 Å². The summed E-state index contributed by atoms with van der Waals surface area (Å²) in [6, 6.07) is 5.31. The molecule has 2 N–H and O–H groups in total. The van der Waals surface area contributed by atoms with E-state index < -0.39 is 59.5 Å². The zero-order chi connectivity index (χ0) is 24.2. The Balaban J connectivity index is 2.37. The quantitative estimate of drug-likeness (QED) is 0.460. The van der Waals surface area contributed by atoms with Gasteiger partial charge in [-0.2, -0.15) is 26.3 Å². The smallest absolute Gasteiger partial charge is 0.373 e. The number of alkyl halides is 6. The van der Waals surface area contributed by atoms with E-state index in [1.165, 1.54) is 19.2 Å². The van der Waals surface area contributed by atoms with Gasteiger partial charge in [0.2, 0.25) is 6.41 Å². The maximum Gasteiger partial charge on any atom is 0.416 e. The molecule has 12 heteroatoms. The molecule has 174 valence electrons. The van der Waals surface area contributed by atoms with Gasteiger partial charge in [0.15, 0.2) is 5.54 Å². The van der Waals surface area contributed by atoms with Gasteiger partial charge >= 0.3 is 12.4 Å². The number of benzene rings is 2. The molecule has 2 amide bonds. The molecule has 0 saturated carbocycles. The van der Waals surface area contributed by atoms with Gasteiger partial charge in [0, 0.05) is 7.05 Å². The van der Waals surface area contributed by atoms with E-state index in [0.29, 0.717) is 12.1 Å². The van der Waals surface area contributed by atoms with Gasteiger partial charge in [-0.25, -0.2) is 4.39 Å². The van der Waals surface area contributed by atoms with Crippen molar-refractivity contribution in [3.05, 3.63) is 70.5 Å². The lowest BCUT2D eigenvalue weighted by molar-refractivity contribution is -0.143. The van der Waals surface area contributed by atoms with Crippen LogP contribution < -0.4 is 10.6 Å². The molecule has 2 aromatic rings. The van der Waals surface area contributed by atoms with Gasteiger partial charge in [0.25, 0.3) is 5.91 Å². The van der Waals surface area contributed by atoms with Crippen LogP contribution in [0.25, 0.3) is 0 Å². The van der Waals surface area contributed by atoms with Crippen molar-refractivity contribution in [2.75, 3.05) is 13.7 Å². The molecule has 0 aliphatic rings. The van der Waals surface area contributed by atoms with E-state index in [9.17, 15) is 40.3 Å². The number of ether oxygens (including phenoxy) is 1. The lowest BCUT2D eigenvalue weighted by Gasteiger charge is -2.31. The maximum absolute atomic E-state index is 13.3. The molecule has 2 rings (SSSR count). The number of nitrogens with one attached hydrogen (secondary N) is 2. The highest BCUT2D eigenvalue weighted by molar-refractivity contribution is 5.89. The average molecular weight is 466 g/mol. The minimum Gasteiger partial charge on any atom is -0.373 e. The number of carbonyl (C=O) groups is 2. The SMILES string of the molecule is CNC(=O)C(COCc1cc(C(F)(F)F)cc(C(F)(F)F)c1)(NC=O)c1ccc(F)cc1. The summed E-state index contributed by atoms with van der Waals surface area (Å²) < 4.78 is 96.6. The number of likely N-dealkylation sites (N-methyl/N-ethyl adjacent to an activating group) is 1. The van der Waals surface area contributed by atoms with Crippen molar-refractivity contribution in [1.29, 1.82) is 0 Å². The maximum atomic E-state index is 13.3. The van der Waals surface area contributed by atoms with Crippen LogP contribution in [0.2, 0.25) is 0 Å². The Morgan fingerprint density at radius 2 is 1.47 bits per heavy atom. The van der Waals surface area contributed by atoms with Gasteiger partial charge in [0.1, 0.15) is 5.82 Å². The molecule has 1 atom stereocenters. The minimum absolute atomic E-state index is 0.0230. The van der Waals surface area contributed by atoms with Crippen molar-refractivity contribution in [2.45, 2.75) is 24.5 Å². The molecule has 1 unspecified atom stereocenters. The molecule has 0 fully saturated rings. The van der Waals surface area contributed by atoms with Crippen LogP contribution in [0, 0.1) is 5.82 Å². The largest absolute Gasteiger partial charge is 0.416 e. The predicted molar refractivity (Wildman–Crippen MR) is 97.4 cm³/mol. The van der Waals surface area contributed by atoms with E-state index >= 15 is 0 Å². The first-order chi connectivity index (χ1) is 14.8. The standard InChI is InChI=1S/C20H17F7N2O3/c1-28-17(31)18(29-11-30,13-2-4-16(21)5-3-13)10-32-9-12-6-14(19(22,23)24)8-15(7-12)20(25,26)27/h2-8,11H,9-10H2,1H3,(H,28,31)(H,29,30). The van der Waals surface area contributed by atoms with Gasteiger partial charge in [0.05, 0.1) is 24.3 Å².